The number of thioether (sulfide) groups is 1. The van der Waals surface area contributed by atoms with Gasteiger partial charge in [0.2, 0.25) is 5.91 Å². The molecule has 5 nitrogen and oxygen atoms in total. The molecule has 3 rings (SSSR count). The zero-order valence-corrected chi connectivity index (χ0v) is 18.1. The van der Waals surface area contributed by atoms with Crippen LogP contribution in [0.25, 0.3) is 0 Å². The number of hydrogen-bond acceptors (Lipinski definition) is 5. The number of piperidine rings is 1. The van der Waals surface area contributed by atoms with Crippen molar-refractivity contribution in [3.05, 3.63) is 35.9 Å². The van der Waals surface area contributed by atoms with Gasteiger partial charge in [0, 0.05) is 29.9 Å². The monoisotopic (exact) mass is 405 g/mol. The van der Waals surface area contributed by atoms with Gasteiger partial charge in [0.1, 0.15) is 0 Å². The lowest BCUT2D eigenvalue weighted by Gasteiger charge is -2.43. The summed E-state index contributed by atoms with van der Waals surface area (Å²) < 4.78 is 0. The molecule has 2 saturated heterocycles. The van der Waals surface area contributed by atoms with Crippen molar-refractivity contribution in [1.29, 1.82) is 0 Å². The molecule has 0 aromatic heterocycles. The van der Waals surface area contributed by atoms with Gasteiger partial charge in [-0.3, -0.25) is 9.69 Å². The average Bonchev–Trinajstić information content (AvgIpc) is 3.09. The number of rotatable bonds is 6. The first-order valence-electron chi connectivity index (χ1n) is 10.4. The Kier molecular flexibility index (Phi) is 7.07. The second-order valence-electron chi connectivity index (χ2n) is 9.25. The van der Waals surface area contributed by atoms with Crippen molar-refractivity contribution in [2.45, 2.75) is 69.0 Å². The number of hydrogen-bond donors (Lipinski definition) is 3. The lowest BCUT2D eigenvalue weighted by molar-refractivity contribution is -0.132. The minimum Gasteiger partial charge on any atom is -0.390 e. The van der Waals surface area contributed by atoms with E-state index in [0.29, 0.717) is 24.1 Å². The number of nitrogens with zero attached hydrogens (tertiary/aromatic N) is 1. The fourth-order valence-electron chi connectivity index (χ4n) is 4.43. The van der Waals surface area contributed by atoms with Crippen molar-refractivity contribution in [3.8, 4) is 0 Å². The molecule has 2 fully saturated rings. The van der Waals surface area contributed by atoms with Crippen LogP contribution in [0.1, 0.15) is 39.2 Å². The van der Waals surface area contributed by atoms with Crippen LogP contribution in [0.4, 0.5) is 0 Å². The summed E-state index contributed by atoms with van der Waals surface area (Å²) in [7, 11) is 0. The molecular weight excluding hydrogens is 370 g/mol. The number of aliphatic hydroxyl groups excluding tert-OH is 1. The van der Waals surface area contributed by atoms with Gasteiger partial charge in [-0.2, -0.15) is 11.8 Å². The molecule has 28 heavy (non-hydrogen) atoms. The normalized spacial score (nSPS) is 27.8. The van der Waals surface area contributed by atoms with Crippen molar-refractivity contribution in [1.82, 2.24) is 10.2 Å². The quantitative estimate of drug-likeness (QED) is 0.675. The summed E-state index contributed by atoms with van der Waals surface area (Å²) in [6.07, 6.45) is 2.13. The first kappa shape index (κ1) is 21.6. The van der Waals surface area contributed by atoms with Crippen LogP contribution in [0.2, 0.25) is 0 Å². The maximum atomic E-state index is 13.1. The number of benzene rings is 1. The minimum absolute atomic E-state index is 0.0912. The summed E-state index contributed by atoms with van der Waals surface area (Å²) in [5.74, 6) is 1.57. The van der Waals surface area contributed by atoms with Crippen LogP contribution in [0.15, 0.2) is 30.3 Å². The number of carbonyl (C=O) groups excluding carboxylic acids is 1. The fraction of sp³-hybridized carbons (Fsp3) is 0.682. The maximum Gasteiger partial charge on any atom is 0.238 e. The predicted octanol–water partition coefficient (Wildman–Crippen LogP) is 2.03. The maximum absolute atomic E-state index is 13.1. The highest BCUT2D eigenvalue weighted by Gasteiger charge is 2.45. The molecule has 1 aromatic rings. The van der Waals surface area contributed by atoms with E-state index in [4.69, 9.17) is 5.73 Å². The zero-order chi connectivity index (χ0) is 20.3. The molecule has 1 amide bonds. The van der Waals surface area contributed by atoms with E-state index in [1.165, 1.54) is 0 Å². The first-order chi connectivity index (χ1) is 13.2. The molecule has 156 valence electrons. The summed E-state index contributed by atoms with van der Waals surface area (Å²) in [6.45, 7) is 7.34. The molecule has 0 aliphatic carbocycles. The van der Waals surface area contributed by atoms with Crippen LogP contribution in [0.3, 0.4) is 0 Å². The molecular formula is C22H35N3O2S. The summed E-state index contributed by atoms with van der Waals surface area (Å²) in [6, 6.07) is 9.51. The topological polar surface area (TPSA) is 78.6 Å². The Morgan fingerprint density at radius 3 is 2.71 bits per heavy atom. The van der Waals surface area contributed by atoms with E-state index in [2.05, 4.69) is 10.2 Å². The molecule has 2 heterocycles. The highest BCUT2D eigenvalue weighted by Crippen LogP contribution is 2.41. The molecule has 1 aromatic carbocycles. The van der Waals surface area contributed by atoms with Gasteiger partial charge in [-0.25, -0.2) is 0 Å². The number of nitrogens with two attached hydrogens (primary N) is 1. The van der Waals surface area contributed by atoms with Crippen molar-refractivity contribution in [3.63, 3.8) is 0 Å². The van der Waals surface area contributed by atoms with Crippen LogP contribution >= 0.6 is 11.8 Å². The van der Waals surface area contributed by atoms with Crippen LogP contribution in [-0.4, -0.2) is 63.7 Å². The van der Waals surface area contributed by atoms with Crippen LogP contribution in [0, 0.1) is 5.92 Å². The van der Waals surface area contributed by atoms with Crippen LogP contribution < -0.4 is 11.1 Å². The Balaban J connectivity index is 1.68. The Labute approximate surface area is 173 Å². The predicted molar refractivity (Wildman–Crippen MR) is 116 cm³/mol. The molecule has 1 unspecified atom stereocenters. The third-order valence-electron chi connectivity index (χ3n) is 5.76. The van der Waals surface area contributed by atoms with E-state index in [1.54, 1.807) is 0 Å². The van der Waals surface area contributed by atoms with E-state index in [-0.39, 0.29) is 23.5 Å². The molecule has 6 heteroatoms. The smallest absolute Gasteiger partial charge is 0.238 e. The third kappa shape index (κ3) is 5.50. The van der Waals surface area contributed by atoms with Gasteiger partial charge in [-0.15, -0.1) is 0 Å². The van der Waals surface area contributed by atoms with E-state index >= 15 is 0 Å². The molecule has 0 saturated carbocycles. The first-order valence-corrected chi connectivity index (χ1v) is 11.4. The van der Waals surface area contributed by atoms with E-state index < -0.39 is 6.10 Å². The van der Waals surface area contributed by atoms with Gasteiger partial charge in [-0.1, -0.05) is 30.3 Å². The van der Waals surface area contributed by atoms with Crippen molar-refractivity contribution in [2.75, 3.05) is 18.8 Å². The minimum atomic E-state index is -0.657. The third-order valence-corrected chi connectivity index (χ3v) is 7.24. The molecule has 0 radical (unpaired) electrons. The highest BCUT2D eigenvalue weighted by molar-refractivity contribution is 8.00. The van der Waals surface area contributed by atoms with Crippen molar-refractivity contribution >= 4 is 17.7 Å². The Morgan fingerprint density at radius 2 is 2.04 bits per heavy atom. The van der Waals surface area contributed by atoms with Crippen molar-refractivity contribution < 1.29 is 9.90 Å². The summed E-state index contributed by atoms with van der Waals surface area (Å²) >= 11 is 2.00. The van der Waals surface area contributed by atoms with Gasteiger partial charge >= 0.3 is 0 Å². The fourth-order valence-corrected chi connectivity index (χ4v) is 5.95. The number of amides is 1. The van der Waals surface area contributed by atoms with Crippen LogP contribution in [0.5, 0.6) is 0 Å². The van der Waals surface area contributed by atoms with Gasteiger partial charge in [-0.05, 0) is 57.3 Å². The second kappa shape index (κ2) is 9.16. The van der Waals surface area contributed by atoms with E-state index in [0.717, 1.165) is 30.7 Å². The number of nitrogens with one attached hydrogen (secondary N) is 1. The molecule has 4 N–H and O–H groups in total. The van der Waals surface area contributed by atoms with Gasteiger partial charge in [0.25, 0.3) is 0 Å². The number of β-amino-alcohol motifs (C(OH)–C–C–N with tert-alkyl or cyclic N) is 1. The van der Waals surface area contributed by atoms with E-state index in [9.17, 15) is 9.90 Å². The number of likely N-dealkylation sites (tertiary alicyclic amines) is 1. The number of aliphatic hydroxyl groups is 1. The Bertz CT molecular complexity index is 649. The number of fused-ring (bicyclic) bond motifs is 1. The van der Waals surface area contributed by atoms with Crippen molar-refractivity contribution in [2.24, 2.45) is 11.7 Å². The van der Waals surface area contributed by atoms with Gasteiger partial charge in [0.05, 0.1) is 12.1 Å². The molecule has 2 aliphatic heterocycles. The van der Waals surface area contributed by atoms with E-state index in [1.807, 2.05) is 62.9 Å². The summed E-state index contributed by atoms with van der Waals surface area (Å²) in [4.78, 5) is 15.3. The summed E-state index contributed by atoms with van der Waals surface area (Å²) in [5, 5.41) is 14.5. The van der Waals surface area contributed by atoms with Crippen LogP contribution in [-0.2, 0) is 11.2 Å². The van der Waals surface area contributed by atoms with Gasteiger partial charge < -0.3 is 16.2 Å². The SMILES string of the molecule is CC(C)(C)NC(=O)C1[C@H]2CCS[C@H]2CCN1C[C@@H](O)[C@H](N)Cc1ccccc1. The number of carbonyl (C=O) groups is 1. The molecule has 2 aliphatic rings. The molecule has 5 atom stereocenters. The summed E-state index contributed by atoms with van der Waals surface area (Å²) in [5.41, 5.74) is 7.18. The van der Waals surface area contributed by atoms with Gasteiger partial charge in [0.15, 0.2) is 0 Å². The largest absolute Gasteiger partial charge is 0.390 e. The second-order valence-corrected chi connectivity index (χ2v) is 10.6. The molecule has 0 spiro atoms. The lowest BCUT2D eigenvalue weighted by atomic mass is 9.85. The molecule has 0 bridgehead atoms. The Morgan fingerprint density at radius 1 is 1.32 bits per heavy atom. The standard InChI is InChI=1S/C22H35N3O2S/c1-22(2,3)24-21(27)20-16-10-12-28-19(16)9-11-25(20)14-18(26)17(23)13-15-7-5-4-6-8-15/h4-8,16-20,26H,9-14,23H2,1-3H3,(H,24,27)/t16-,17+,18+,19-,20?/m0/s1. The lowest BCUT2D eigenvalue weighted by Crippen LogP contribution is -2.61. The Hall–Kier alpha value is -1.08. The zero-order valence-electron chi connectivity index (χ0n) is 17.3. The highest BCUT2D eigenvalue weighted by atomic mass is 32.2. The average molecular weight is 406 g/mol.